The van der Waals surface area contributed by atoms with E-state index in [4.69, 9.17) is 0 Å². The predicted molar refractivity (Wildman–Crippen MR) is 70.9 cm³/mol. The van der Waals surface area contributed by atoms with Gasteiger partial charge in [0.1, 0.15) is 11.6 Å². The number of hydrogen-bond donors (Lipinski definition) is 1. The van der Waals surface area contributed by atoms with Crippen LogP contribution < -0.4 is 5.56 Å². The van der Waals surface area contributed by atoms with Crippen LogP contribution in [0.5, 0.6) is 0 Å². The van der Waals surface area contributed by atoms with Gasteiger partial charge in [-0.05, 0) is 56.1 Å². The fourth-order valence-electron chi connectivity index (χ4n) is 3.16. The molecular weight excluding hydrogens is 240 g/mol. The van der Waals surface area contributed by atoms with Crippen molar-refractivity contribution in [1.82, 2.24) is 4.57 Å². The molecule has 0 aromatic carbocycles. The Balaban J connectivity index is 1.90. The lowest BCUT2D eigenvalue weighted by Gasteiger charge is -2.36. The minimum absolute atomic E-state index is 0.189. The van der Waals surface area contributed by atoms with E-state index < -0.39 is 5.60 Å². The highest BCUT2D eigenvalue weighted by molar-refractivity contribution is 5.43. The SMILES string of the molecule is N#Cc1c2c(cn(CCC3(O)CCC3)c1=O)CCC2. The smallest absolute Gasteiger partial charge is 0.268 e. The van der Waals surface area contributed by atoms with Gasteiger partial charge in [0, 0.05) is 12.7 Å². The van der Waals surface area contributed by atoms with Gasteiger partial charge in [-0.2, -0.15) is 5.26 Å². The summed E-state index contributed by atoms with van der Waals surface area (Å²) in [7, 11) is 0. The summed E-state index contributed by atoms with van der Waals surface area (Å²) in [4.78, 5) is 12.2. The van der Waals surface area contributed by atoms with Gasteiger partial charge in [-0.1, -0.05) is 0 Å². The van der Waals surface area contributed by atoms with Crippen molar-refractivity contribution in [2.75, 3.05) is 0 Å². The largest absolute Gasteiger partial charge is 0.390 e. The molecular formula is C15H18N2O2. The van der Waals surface area contributed by atoms with Gasteiger partial charge >= 0.3 is 0 Å². The first-order valence-corrected chi connectivity index (χ1v) is 7.01. The summed E-state index contributed by atoms with van der Waals surface area (Å²) in [6, 6.07) is 2.07. The first-order chi connectivity index (χ1) is 9.13. The van der Waals surface area contributed by atoms with Crippen LogP contribution in [0.15, 0.2) is 11.0 Å². The van der Waals surface area contributed by atoms with Gasteiger partial charge in [0.05, 0.1) is 5.60 Å². The fraction of sp³-hybridized carbons (Fsp3) is 0.600. The molecule has 1 saturated carbocycles. The van der Waals surface area contributed by atoms with Gasteiger partial charge in [0.15, 0.2) is 0 Å². The Kier molecular flexibility index (Phi) is 2.94. The third-order valence-corrected chi connectivity index (χ3v) is 4.56. The molecule has 0 saturated heterocycles. The normalized spacial score (nSPS) is 19.6. The van der Waals surface area contributed by atoms with Crippen molar-refractivity contribution in [3.05, 3.63) is 33.2 Å². The van der Waals surface area contributed by atoms with Crippen LogP contribution in [-0.4, -0.2) is 15.3 Å². The van der Waals surface area contributed by atoms with Crippen molar-refractivity contribution in [3.8, 4) is 6.07 Å². The zero-order valence-electron chi connectivity index (χ0n) is 11.0. The lowest BCUT2D eigenvalue weighted by atomic mass is 9.78. The highest BCUT2D eigenvalue weighted by Gasteiger charge is 2.34. The number of aliphatic hydroxyl groups is 1. The number of aromatic nitrogens is 1. The van der Waals surface area contributed by atoms with Gasteiger partial charge in [0.25, 0.3) is 5.56 Å². The number of hydrogen-bond acceptors (Lipinski definition) is 3. The van der Waals surface area contributed by atoms with Crippen molar-refractivity contribution in [2.24, 2.45) is 0 Å². The van der Waals surface area contributed by atoms with Crippen LogP contribution in [0.4, 0.5) is 0 Å². The molecule has 2 aliphatic rings. The van der Waals surface area contributed by atoms with E-state index in [9.17, 15) is 15.2 Å². The van der Waals surface area contributed by atoms with E-state index in [1.807, 2.05) is 6.20 Å². The van der Waals surface area contributed by atoms with E-state index in [0.29, 0.717) is 18.5 Å². The minimum Gasteiger partial charge on any atom is -0.390 e. The first kappa shape index (κ1) is 12.4. The quantitative estimate of drug-likeness (QED) is 0.893. The molecule has 100 valence electrons. The summed E-state index contributed by atoms with van der Waals surface area (Å²) in [5, 5.41) is 19.3. The predicted octanol–water partition coefficient (Wildman–Crippen LogP) is 1.51. The average Bonchev–Trinajstić information content (AvgIpc) is 2.82. The molecule has 1 aromatic heterocycles. The lowest BCUT2D eigenvalue weighted by molar-refractivity contribution is -0.0434. The second-order valence-electron chi connectivity index (χ2n) is 5.80. The molecule has 0 atom stereocenters. The summed E-state index contributed by atoms with van der Waals surface area (Å²) in [5.74, 6) is 0. The molecule has 0 spiro atoms. The fourth-order valence-corrected chi connectivity index (χ4v) is 3.16. The van der Waals surface area contributed by atoms with Crippen LogP contribution in [0, 0.1) is 11.3 Å². The molecule has 1 fully saturated rings. The molecule has 1 aromatic rings. The zero-order chi connectivity index (χ0) is 13.5. The molecule has 1 heterocycles. The summed E-state index contributed by atoms with van der Waals surface area (Å²) in [6.07, 6.45) is 8.06. The highest BCUT2D eigenvalue weighted by atomic mass is 16.3. The average molecular weight is 258 g/mol. The standard InChI is InChI=1S/C15H18N2O2/c16-9-13-12-4-1-3-11(12)10-17(14(13)18)8-7-15(19)5-2-6-15/h10,19H,1-8H2. The number of nitrogens with zero attached hydrogens (tertiary/aromatic N) is 2. The van der Waals surface area contributed by atoms with Crippen LogP contribution in [0.1, 0.15) is 48.8 Å². The summed E-state index contributed by atoms with van der Waals surface area (Å²) in [6.45, 7) is 0.511. The molecule has 0 amide bonds. The van der Waals surface area contributed by atoms with Crippen LogP contribution in [0.3, 0.4) is 0 Å². The van der Waals surface area contributed by atoms with Crippen molar-refractivity contribution in [2.45, 2.75) is 57.1 Å². The van der Waals surface area contributed by atoms with Gasteiger partial charge in [-0.25, -0.2) is 0 Å². The van der Waals surface area contributed by atoms with Gasteiger partial charge in [0.2, 0.25) is 0 Å². The highest BCUT2D eigenvalue weighted by Crippen LogP contribution is 2.35. The molecule has 1 N–H and O–H groups in total. The Morgan fingerprint density at radius 2 is 2.16 bits per heavy atom. The minimum atomic E-state index is -0.578. The number of aryl methyl sites for hydroxylation is 2. The van der Waals surface area contributed by atoms with Crippen LogP contribution in [0.2, 0.25) is 0 Å². The van der Waals surface area contributed by atoms with Crippen molar-refractivity contribution in [1.29, 1.82) is 5.26 Å². The summed E-state index contributed by atoms with van der Waals surface area (Å²) >= 11 is 0. The molecule has 0 radical (unpaired) electrons. The maximum absolute atomic E-state index is 12.2. The van der Waals surface area contributed by atoms with Gasteiger partial charge < -0.3 is 9.67 Å². The third-order valence-electron chi connectivity index (χ3n) is 4.56. The number of rotatable bonds is 3. The van der Waals surface area contributed by atoms with Crippen LogP contribution in [-0.2, 0) is 19.4 Å². The van der Waals surface area contributed by atoms with Gasteiger partial charge in [-0.3, -0.25) is 4.79 Å². The number of pyridine rings is 1. The van der Waals surface area contributed by atoms with Crippen LogP contribution >= 0.6 is 0 Å². The molecule has 19 heavy (non-hydrogen) atoms. The van der Waals surface area contributed by atoms with Gasteiger partial charge in [-0.15, -0.1) is 0 Å². The molecule has 3 rings (SSSR count). The monoisotopic (exact) mass is 258 g/mol. The Morgan fingerprint density at radius 3 is 2.79 bits per heavy atom. The number of nitriles is 1. The van der Waals surface area contributed by atoms with Crippen LogP contribution in [0.25, 0.3) is 0 Å². The second kappa shape index (κ2) is 4.50. The molecule has 4 nitrogen and oxygen atoms in total. The first-order valence-electron chi connectivity index (χ1n) is 7.01. The molecule has 2 aliphatic carbocycles. The van der Waals surface area contributed by atoms with E-state index in [1.54, 1.807) is 4.57 Å². The molecule has 0 unspecified atom stereocenters. The Labute approximate surface area is 112 Å². The van der Waals surface area contributed by atoms with Crippen molar-refractivity contribution in [3.63, 3.8) is 0 Å². The summed E-state index contributed by atoms with van der Waals surface area (Å²) < 4.78 is 1.62. The maximum atomic E-state index is 12.2. The van der Waals surface area contributed by atoms with Crippen molar-refractivity contribution < 1.29 is 5.11 Å². The van der Waals surface area contributed by atoms with E-state index in [2.05, 4.69) is 6.07 Å². The Hall–Kier alpha value is -1.60. The molecule has 4 heteroatoms. The third kappa shape index (κ3) is 2.08. The second-order valence-corrected chi connectivity index (χ2v) is 5.80. The Morgan fingerprint density at radius 1 is 1.37 bits per heavy atom. The van der Waals surface area contributed by atoms with E-state index >= 15 is 0 Å². The van der Waals surface area contributed by atoms with E-state index in [0.717, 1.165) is 49.7 Å². The lowest BCUT2D eigenvalue weighted by Crippen LogP contribution is -2.39. The van der Waals surface area contributed by atoms with Crippen molar-refractivity contribution >= 4 is 0 Å². The molecule has 0 bridgehead atoms. The number of fused-ring (bicyclic) bond motifs is 1. The Bertz CT molecular complexity index is 606. The topological polar surface area (TPSA) is 66.0 Å². The summed E-state index contributed by atoms with van der Waals surface area (Å²) in [5.41, 5.74) is 1.63. The molecule has 0 aliphatic heterocycles. The maximum Gasteiger partial charge on any atom is 0.268 e. The van der Waals surface area contributed by atoms with E-state index in [1.165, 1.54) is 0 Å². The zero-order valence-corrected chi connectivity index (χ0v) is 11.0. The van der Waals surface area contributed by atoms with E-state index in [-0.39, 0.29) is 5.56 Å².